The highest BCUT2D eigenvalue weighted by Gasteiger charge is 2.10. The first-order valence-corrected chi connectivity index (χ1v) is 6.31. The summed E-state index contributed by atoms with van der Waals surface area (Å²) in [5.74, 6) is -0.140. The van der Waals surface area contributed by atoms with E-state index in [0.29, 0.717) is 23.2 Å². The molecule has 0 amide bonds. The molecule has 0 fully saturated rings. The highest BCUT2D eigenvalue weighted by atomic mass is 19.1. The fourth-order valence-corrected chi connectivity index (χ4v) is 2.50. The van der Waals surface area contributed by atoms with E-state index in [1.807, 2.05) is 32.0 Å². The fourth-order valence-electron chi connectivity index (χ4n) is 2.50. The summed E-state index contributed by atoms with van der Waals surface area (Å²) < 4.78 is 15.7. The number of aryl methyl sites for hydroxylation is 3. The van der Waals surface area contributed by atoms with Crippen LogP contribution in [0.2, 0.25) is 0 Å². The van der Waals surface area contributed by atoms with Crippen molar-refractivity contribution in [3.63, 3.8) is 0 Å². The van der Waals surface area contributed by atoms with Crippen LogP contribution in [0, 0.1) is 33.5 Å². The second-order valence-electron chi connectivity index (χ2n) is 5.07. The zero-order valence-corrected chi connectivity index (χ0v) is 11.7. The molecule has 0 aliphatic rings. The molecule has 2 nitrogen and oxygen atoms in total. The van der Waals surface area contributed by atoms with E-state index < -0.39 is 0 Å². The normalized spacial score (nSPS) is 10.8. The van der Waals surface area contributed by atoms with Gasteiger partial charge in [-0.2, -0.15) is 0 Å². The van der Waals surface area contributed by atoms with Crippen molar-refractivity contribution in [1.82, 2.24) is 4.57 Å². The Balaban J connectivity index is 2.42. The minimum absolute atomic E-state index is 0.140. The maximum absolute atomic E-state index is 13.6. The molecule has 1 heterocycles. The SMILES string of the molecule is Cc1cc(Cn2c(C)cc(C=O)c2C)cc(C)c1F. The average molecular weight is 259 g/mol. The quantitative estimate of drug-likeness (QED) is 0.770. The number of rotatable bonds is 3. The molecule has 2 aromatic rings. The number of halogens is 1. The van der Waals surface area contributed by atoms with Gasteiger partial charge in [-0.15, -0.1) is 0 Å². The molecular formula is C16H18FNO. The number of nitrogens with zero attached hydrogens (tertiary/aromatic N) is 1. The van der Waals surface area contributed by atoms with Gasteiger partial charge in [-0.1, -0.05) is 12.1 Å². The molecule has 100 valence electrons. The van der Waals surface area contributed by atoms with Gasteiger partial charge < -0.3 is 4.57 Å². The predicted octanol–water partition coefficient (Wildman–Crippen LogP) is 3.72. The lowest BCUT2D eigenvalue weighted by atomic mass is 10.1. The smallest absolute Gasteiger partial charge is 0.151 e. The van der Waals surface area contributed by atoms with Crippen LogP contribution < -0.4 is 0 Å². The lowest BCUT2D eigenvalue weighted by Crippen LogP contribution is -2.05. The van der Waals surface area contributed by atoms with Crippen LogP contribution in [0.25, 0.3) is 0 Å². The second-order valence-corrected chi connectivity index (χ2v) is 5.07. The highest BCUT2D eigenvalue weighted by molar-refractivity contribution is 5.77. The first-order valence-electron chi connectivity index (χ1n) is 6.31. The molecule has 0 N–H and O–H groups in total. The summed E-state index contributed by atoms with van der Waals surface area (Å²) in [6, 6.07) is 5.61. The molecule has 0 aliphatic heterocycles. The van der Waals surface area contributed by atoms with Gasteiger partial charge in [0.05, 0.1) is 0 Å². The number of hydrogen-bond acceptors (Lipinski definition) is 1. The van der Waals surface area contributed by atoms with Crippen LogP contribution in [-0.2, 0) is 6.54 Å². The molecule has 0 radical (unpaired) electrons. The molecule has 0 saturated carbocycles. The third kappa shape index (κ3) is 2.46. The van der Waals surface area contributed by atoms with Crippen molar-refractivity contribution >= 4 is 6.29 Å². The Morgan fingerprint density at radius 2 is 1.68 bits per heavy atom. The second kappa shape index (κ2) is 5.00. The summed E-state index contributed by atoms with van der Waals surface area (Å²) in [5.41, 5.74) is 5.08. The summed E-state index contributed by atoms with van der Waals surface area (Å²) in [5, 5.41) is 0. The van der Waals surface area contributed by atoms with Crippen molar-refractivity contribution in [2.45, 2.75) is 34.2 Å². The zero-order valence-electron chi connectivity index (χ0n) is 11.7. The Hall–Kier alpha value is -1.90. The van der Waals surface area contributed by atoms with Gasteiger partial charge >= 0.3 is 0 Å². The Morgan fingerprint density at radius 1 is 1.11 bits per heavy atom. The van der Waals surface area contributed by atoms with Gasteiger partial charge in [-0.25, -0.2) is 4.39 Å². The summed E-state index contributed by atoms with van der Waals surface area (Å²) >= 11 is 0. The van der Waals surface area contributed by atoms with Gasteiger partial charge in [-0.3, -0.25) is 4.79 Å². The van der Waals surface area contributed by atoms with Crippen molar-refractivity contribution < 1.29 is 9.18 Å². The van der Waals surface area contributed by atoms with Crippen LogP contribution in [0.3, 0.4) is 0 Å². The van der Waals surface area contributed by atoms with Crippen molar-refractivity contribution in [3.8, 4) is 0 Å². The van der Waals surface area contributed by atoms with E-state index in [4.69, 9.17) is 0 Å². The van der Waals surface area contributed by atoms with Crippen LogP contribution in [0.1, 0.15) is 38.4 Å². The standard InChI is InChI=1S/C16H18FNO/c1-10-5-14(6-11(2)16(10)17)8-18-12(3)7-15(9-19)13(18)4/h5-7,9H,8H2,1-4H3. The topological polar surface area (TPSA) is 22.0 Å². The van der Waals surface area contributed by atoms with Crippen LogP contribution in [-0.4, -0.2) is 10.9 Å². The van der Waals surface area contributed by atoms with E-state index in [2.05, 4.69) is 4.57 Å². The van der Waals surface area contributed by atoms with E-state index in [1.54, 1.807) is 13.8 Å². The molecule has 0 bridgehead atoms. The van der Waals surface area contributed by atoms with Crippen LogP contribution in [0.5, 0.6) is 0 Å². The molecule has 0 aliphatic carbocycles. The first-order chi connectivity index (χ1) is 8.93. The van der Waals surface area contributed by atoms with Crippen molar-refractivity contribution in [3.05, 3.63) is 57.7 Å². The summed E-state index contributed by atoms with van der Waals surface area (Å²) in [4.78, 5) is 10.9. The Labute approximate surface area is 112 Å². The molecular weight excluding hydrogens is 241 g/mol. The molecule has 1 aromatic carbocycles. The summed E-state index contributed by atoms with van der Waals surface area (Å²) in [7, 11) is 0. The van der Waals surface area contributed by atoms with E-state index in [9.17, 15) is 9.18 Å². The van der Waals surface area contributed by atoms with E-state index in [0.717, 1.165) is 23.2 Å². The van der Waals surface area contributed by atoms with E-state index in [1.165, 1.54) is 0 Å². The number of carbonyl (C=O) groups excluding carboxylic acids is 1. The van der Waals surface area contributed by atoms with Gasteiger partial charge in [0.15, 0.2) is 6.29 Å². The summed E-state index contributed by atoms with van der Waals surface area (Å²) in [6.45, 7) is 8.12. The monoisotopic (exact) mass is 259 g/mol. The molecule has 0 saturated heterocycles. The number of aromatic nitrogens is 1. The van der Waals surface area contributed by atoms with Crippen molar-refractivity contribution in [1.29, 1.82) is 0 Å². The lowest BCUT2D eigenvalue weighted by Gasteiger charge is -2.12. The number of hydrogen-bond donors (Lipinski definition) is 0. The van der Waals surface area contributed by atoms with Gasteiger partial charge in [0, 0.05) is 23.5 Å². The van der Waals surface area contributed by atoms with Crippen LogP contribution >= 0.6 is 0 Å². The minimum atomic E-state index is -0.140. The van der Waals surface area contributed by atoms with Crippen LogP contribution in [0.15, 0.2) is 18.2 Å². The Morgan fingerprint density at radius 3 is 2.16 bits per heavy atom. The Bertz CT molecular complexity index is 617. The van der Waals surface area contributed by atoms with Gasteiger partial charge in [0.1, 0.15) is 5.82 Å². The van der Waals surface area contributed by atoms with E-state index in [-0.39, 0.29) is 5.82 Å². The first kappa shape index (κ1) is 13.5. The van der Waals surface area contributed by atoms with Crippen molar-refractivity contribution in [2.75, 3.05) is 0 Å². The molecule has 19 heavy (non-hydrogen) atoms. The molecule has 0 spiro atoms. The largest absolute Gasteiger partial charge is 0.344 e. The maximum atomic E-state index is 13.6. The molecule has 1 aromatic heterocycles. The van der Waals surface area contributed by atoms with Crippen LogP contribution in [0.4, 0.5) is 4.39 Å². The predicted molar refractivity (Wildman–Crippen MR) is 74.3 cm³/mol. The van der Waals surface area contributed by atoms with Gasteiger partial charge in [0.2, 0.25) is 0 Å². The number of carbonyl (C=O) groups is 1. The summed E-state index contributed by atoms with van der Waals surface area (Å²) in [6.07, 6.45) is 0.875. The zero-order chi connectivity index (χ0) is 14.2. The number of benzene rings is 1. The Kier molecular flexibility index (Phi) is 3.56. The highest BCUT2D eigenvalue weighted by Crippen LogP contribution is 2.19. The fraction of sp³-hybridized carbons (Fsp3) is 0.312. The minimum Gasteiger partial charge on any atom is -0.344 e. The molecule has 3 heteroatoms. The lowest BCUT2D eigenvalue weighted by molar-refractivity contribution is 0.112. The van der Waals surface area contributed by atoms with Crippen molar-refractivity contribution in [2.24, 2.45) is 0 Å². The van der Waals surface area contributed by atoms with Gasteiger partial charge in [-0.05, 0) is 50.5 Å². The maximum Gasteiger partial charge on any atom is 0.151 e. The third-order valence-corrected chi connectivity index (χ3v) is 3.58. The third-order valence-electron chi connectivity index (χ3n) is 3.58. The number of aldehydes is 1. The van der Waals surface area contributed by atoms with E-state index >= 15 is 0 Å². The molecule has 2 rings (SSSR count). The molecule has 0 atom stereocenters. The average Bonchev–Trinajstić information content (AvgIpc) is 2.63. The van der Waals surface area contributed by atoms with Gasteiger partial charge in [0.25, 0.3) is 0 Å². The molecule has 0 unspecified atom stereocenters.